The molecule has 0 aromatic carbocycles. The van der Waals surface area contributed by atoms with Crippen LogP contribution in [-0.2, 0) is 36.3 Å². The van der Waals surface area contributed by atoms with Crippen molar-refractivity contribution in [3.8, 4) is 0 Å². The minimum absolute atomic E-state index is 0.0685. The second-order valence-electron chi connectivity index (χ2n) is 23.0. The predicted molar refractivity (Wildman–Crippen MR) is 252 cm³/mol. The fourth-order valence-electron chi connectivity index (χ4n) is 9.96. The molecule has 0 radical (unpaired) electrons. The van der Waals surface area contributed by atoms with E-state index in [0.29, 0.717) is 45.1 Å². The Hall–Kier alpha value is -0.990. The van der Waals surface area contributed by atoms with Gasteiger partial charge in [-0.05, 0) is 140 Å². The molecule has 364 valence electrons. The summed E-state index contributed by atoms with van der Waals surface area (Å²) in [6.07, 6.45) is 14.5. The van der Waals surface area contributed by atoms with E-state index >= 15 is 0 Å². The highest BCUT2D eigenvalue weighted by atomic mass is 32.3. The van der Waals surface area contributed by atoms with Gasteiger partial charge in [-0.1, -0.05) is 75.2 Å². The van der Waals surface area contributed by atoms with Crippen molar-refractivity contribution in [3.05, 3.63) is 0 Å². The van der Waals surface area contributed by atoms with Gasteiger partial charge >= 0.3 is 5.97 Å². The number of aliphatic hydroxyl groups is 1. The molecule has 0 aromatic rings. The first-order chi connectivity index (χ1) is 28.9. The number of ether oxygens (including phenoxy) is 3. The fraction of sp³-hybridized carbons (Fsp3) is 0.960. The number of hydrogen-bond acceptors (Lipinski definition) is 10. The van der Waals surface area contributed by atoms with Crippen molar-refractivity contribution in [1.29, 1.82) is 0 Å². The number of nitrogens with one attached hydrogen (secondary N) is 2. The second kappa shape index (κ2) is 22.7. The van der Waals surface area contributed by atoms with Crippen LogP contribution in [0.5, 0.6) is 0 Å². The van der Waals surface area contributed by atoms with Gasteiger partial charge in [0.25, 0.3) is 0 Å². The number of carbonyl (C=O) groups excluding carboxylic acids is 2. The molecule has 2 bridgehead atoms. The zero-order valence-electron chi connectivity index (χ0n) is 42.0. The van der Waals surface area contributed by atoms with Crippen molar-refractivity contribution < 1.29 is 41.5 Å². The van der Waals surface area contributed by atoms with E-state index < -0.39 is 38.8 Å². The first kappa shape index (κ1) is 53.6. The largest absolute Gasteiger partial charge is 0.459 e. The summed E-state index contributed by atoms with van der Waals surface area (Å²) >= 11 is 0. The van der Waals surface area contributed by atoms with Crippen molar-refractivity contribution in [2.45, 2.75) is 229 Å². The quantitative estimate of drug-likeness (QED) is 0.0601. The SMILES string of the molecule is CCC1OS2(CCCOCC(O)CNCC3CCC(CC4CCC(NC(=O)C(C)(C)C(C)(C)CC(C)(C(=O)OC(C)(C)CCOC(C)C)C(C)(C)C)CC4)CC3)OC(CC)C1O2. The van der Waals surface area contributed by atoms with Gasteiger partial charge in [0.2, 0.25) is 5.91 Å². The summed E-state index contributed by atoms with van der Waals surface area (Å²) in [7, 11) is -1.90. The van der Waals surface area contributed by atoms with Crippen LogP contribution < -0.4 is 10.6 Å². The molecule has 4 unspecified atom stereocenters. The van der Waals surface area contributed by atoms with E-state index in [-0.39, 0.29) is 47.7 Å². The van der Waals surface area contributed by atoms with Crippen molar-refractivity contribution in [1.82, 2.24) is 10.6 Å². The van der Waals surface area contributed by atoms with E-state index in [1.54, 1.807) is 0 Å². The third kappa shape index (κ3) is 14.5. The molecule has 11 nitrogen and oxygen atoms in total. The summed E-state index contributed by atoms with van der Waals surface area (Å²) in [6, 6.07) is 0.193. The lowest BCUT2D eigenvalue weighted by Crippen LogP contribution is -2.54. The number of aliphatic hydroxyl groups excluding tert-OH is 1. The zero-order chi connectivity index (χ0) is 46.1. The van der Waals surface area contributed by atoms with Crippen LogP contribution in [0, 0.1) is 39.4 Å². The highest BCUT2D eigenvalue weighted by Gasteiger charge is 2.56. The van der Waals surface area contributed by atoms with Crippen molar-refractivity contribution in [2.75, 3.05) is 38.7 Å². The summed E-state index contributed by atoms with van der Waals surface area (Å²) in [5.41, 5.74) is -3.05. The van der Waals surface area contributed by atoms with Gasteiger partial charge in [0, 0.05) is 36.8 Å². The van der Waals surface area contributed by atoms with E-state index in [9.17, 15) is 14.7 Å². The van der Waals surface area contributed by atoms with Gasteiger partial charge in [0.05, 0.1) is 41.7 Å². The van der Waals surface area contributed by atoms with Crippen LogP contribution in [-0.4, -0.2) is 97.8 Å². The molecule has 0 aromatic heterocycles. The van der Waals surface area contributed by atoms with Crippen LogP contribution in [0.25, 0.3) is 0 Å². The van der Waals surface area contributed by atoms with E-state index in [1.807, 2.05) is 48.5 Å². The Kier molecular flexibility index (Phi) is 19.6. The number of fused-ring (bicyclic) bond motifs is 2. The Labute approximate surface area is 380 Å². The topological polar surface area (TPSA) is 134 Å². The molecule has 2 saturated carbocycles. The lowest BCUT2D eigenvalue weighted by molar-refractivity contribution is -0.182. The lowest BCUT2D eigenvalue weighted by atomic mass is 9.55. The number of hydrogen-bond donors (Lipinski definition) is 3. The van der Waals surface area contributed by atoms with Gasteiger partial charge in [-0.25, -0.2) is 0 Å². The number of rotatable bonds is 25. The monoisotopic (exact) mass is 899 g/mol. The lowest BCUT2D eigenvalue weighted by Gasteiger charge is -2.50. The molecule has 4 rings (SSSR count). The summed E-state index contributed by atoms with van der Waals surface area (Å²) in [5, 5.41) is 17.5. The minimum atomic E-state index is -1.90. The number of esters is 1. The first-order valence-electron chi connectivity index (χ1n) is 24.8. The van der Waals surface area contributed by atoms with Crippen LogP contribution in [0.2, 0.25) is 0 Å². The van der Waals surface area contributed by atoms with Gasteiger partial charge in [-0.15, -0.1) is 0 Å². The van der Waals surface area contributed by atoms with E-state index in [2.05, 4.69) is 59.1 Å². The van der Waals surface area contributed by atoms with E-state index in [4.69, 9.17) is 26.8 Å². The van der Waals surface area contributed by atoms with Gasteiger partial charge in [-0.2, -0.15) is 0 Å². The van der Waals surface area contributed by atoms with Crippen LogP contribution in [0.3, 0.4) is 0 Å². The van der Waals surface area contributed by atoms with Gasteiger partial charge in [0.15, 0.2) is 0 Å². The molecule has 62 heavy (non-hydrogen) atoms. The Balaban J connectivity index is 1.11. The molecule has 1 amide bonds. The third-order valence-electron chi connectivity index (χ3n) is 15.6. The average molecular weight is 899 g/mol. The molecule has 2 aliphatic heterocycles. The van der Waals surface area contributed by atoms with Crippen molar-refractivity contribution >= 4 is 22.7 Å². The molecule has 2 saturated heterocycles. The molecule has 12 heteroatoms. The van der Waals surface area contributed by atoms with Crippen LogP contribution >= 0.6 is 10.9 Å². The molecular weight excluding hydrogens is 805 g/mol. The molecule has 4 fully saturated rings. The molecule has 4 aliphatic rings. The van der Waals surface area contributed by atoms with Gasteiger partial charge < -0.3 is 30.0 Å². The standard InChI is InChI=1S/C50H94N2O9S/c1-15-41-43-42(16-2)60-62(59-41,61-43)29-17-27-56-33-40(53)32-51-31-38-20-18-36(19-21-38)30-37-22-24-39(25-23-37)52-44(54)49(12,13)47(8,9)34-50(14,46(5,6)7)45(55)58-48(10,11)26-28-57-35(3)4/h35-43,51,53H,15-34H2,1-14H3,(H,52,54). The maximum atomic E-state index is 14.1. The predicted octanol–water partition coefficient (Wildman–Crippen LogP) is 10.4. The van der Waals surface area contributed by atoms with Crippen LogP contribution in [0.15, 0.2) is 0 Å². The second-order valence-corrected chi connectivity index (χ2v) is 25.2. The molecule has 2 heterocycles. The smallest absolute Gasteiger partial charge is 0.312 e. The summed E-state index contributed by atoms with van der Waals surface area (Å²) in [4.78, 5) is 28.2. The summed E-state index contributed by atoms with van der Waals surface area (Å²) in [6.45, 7) is 31.8. The molecule has 2 aliphatic carbocycles. The molecule has 0 spiro atoms. The summed E-state index contributed by atoms with van der Waals surface area (Å²) < 4.78 is 36.4. The third-order valence-corrected chi connectivity index (χ3v) is 18.0. The Morgan fingerprint density at radius 2 is 1.35 bits per heavy atom. The fourth-order valence-corrected chi connectivity index (χ4v) is 12.7. The van der Waals surface area contributed by atoms with E-state index in [0.717, 1.165) is 56.2 Å². The van der Waals surface area contributed by atoms with Gasteiger partial charge in [0.1, 0.15) is 23.9 Å². The first-order valence-corrected chi connectivity index (χ1v) is 26.4. The van der Waals surface area contributed by atoms with Crippen LogP contribution in [0.1, 0.15) is 187 Å². The molecular formula is C50H94N2O9S. The maximum absolute atomic E-state index is 14.1. The Bertz CT molecular complexity index is 1370. The average Bonchev–Trinajstić information content (AvgIpc) is 3.74. The molecule has 3 N–H and O–H groups in total. The van der Waals surface area contributed by atoms with Crippen LogP contribution in [0.4, 0.5) is 0 Å². The number of amides is 1. The maximum Gasteiger partial charge on any atom is 0.312 e. The zero-order valence-corrected chi connectivity index (χ0v) is 42.8. The number of carbonyl (C=O) groups is 2. The van der Waals surface area contributed by atoms with E-state index in [1.165, 1.54) is 44.9 Å². The highest BCUT2D eigenvalue weighted by molar-refractivity contribution is 8.22. The molecule has 4 atom stereocenters. The summed E-state index contributed by atoms with van der Waals surface area (Å²) in [5.74, 6) is 2.76. The minimum Gasteiger partial charge on any atom is -0.459 e. The Morgan fingerprint density at radius 3 is 1.90 bits per heavy atom. The highest BCUT2D eigenvalue weighted by Crippen LogP contribution is 2.66. The van der Waals surface area contributed by atoms with Crippen molar-refractivity contribution in [2.24, 2.45) is 39.4 Å². The normalized spacial score (nSPS) is 31.1. The van der Waals surface area contributed by atoms with Crippen molar-refractivity contribution in [3.63, 3.8) is 0 Å². The van der Waals surface area contributed by atoms with Gasteiger partial charge in [-0.3, -0.25) is 22.1 Å². The Morgan fingerprint density at radius 1 is 0.790 bits per heavy atom.